The lowest BCUT2D eigenvalue weighted by molar-refractivity contribution is 0.0446. The van der Waals surface area contributed by atoms with Crippen LogP contribution in [0.15, 0.2) is 18.2 Å². The number of nitrogens with one attached hydrogen (secondary N) is 1. The van der Waals surface area contributed by atoms with Crippen molar-refractivity contribution < 1.29 is 4.74 Å². The SMILES string of the molecule is Cc1ccc([C@]23CNC[C@H]2CC(OCC2CC2)C3)cc1Cl. The molecule has 21 heavy (non-hydrogen) atoms. The number of rotatable bonds is 4. The highest BCUT2D eigenvalue weighted by Crippen LogP contribution is 2.49. The van der Waals surface area contributed by atoms with Gasteiger partial charge in [0.1, 0.15) is 0 Å². The predicted molar refractivity (Wildman–Crippen MR) is 85.9 cm³/mol. The Bertz CT molecular complexity index is 542. The van der Waals surface area contributed by atoms with Gasteiger partial charge in [-0.25, -0.2) is 0 Å². The van der Waals surface area contributed by atoms with Crippen LogP contribution in [0.3, 0.4) is 0 Å². The van der Waals surface area contributed by atoms with Crippen LogP contribution in [0.2, 0.25) is 5.02 Å². The van der Waals surface area contributed by atoms with Gasteiger partial charge in [-0.05, 0) is 68.2 Å². The van der Waals surface area contributed by atoms with Crippen LogP contribution in [-0.2, 0) is 10.2 Å². The highest BCUT2D eigenvalue weighted by Gasteiger charge is 2.51. The van der Waals surface area contributed by atoms with Crippen molar-refractivity contribution in [1.29, 1.82) is 0 Å². The van der Waals surface area contributed by atoms with Crippen molar-refractivity contribution in [2.24, 2.45) is 11.8 Å². The minimum Gasteiger partial charge on any atom is -0.378 e. The first-order valence-corrected chi connectivity index (χ1v) is 8.64. The van der Waals surface area contributed by atoms with Crippen LogP contribution in [0.5, 0.6) is 0 Å². The summed E-state index contributed by atoms with van der Waals surface area (Å²) in [5, 5.41) is 4.49. The average molecular weight is 306 g/mol. The second-order valence-corrected chi connectivity index (χ2v) is 7.69. The lowest BCUT2D eigenvalue weighted by atomic mass is 9.74. The summed E-state index contributed by atoms with van der Waals surface area (Å²) in [6, 6.07) is 6.64. The largest absolute Gasteiger partial charge is 0.378 e. The maximum absolute atomic E-state index is 6.38. The molecule has 0 bridgehead atoms. The Balaban J connectivity index is 1.56. The molecule has 2 saturated carbocycles. The molecule has 0 spiro atoms. The third-order valence-corrected chi connectivity index (χ3v) is 6.17. The lowest BCUT2D eigenvalue weighted by Gasteiger charge is -2.29. The number of hydrogen-bond donors (Lipinski definition) is 1. The molecule has 4 rings (SSSR count). The Labute approximate surface area is 132 Å². The van der Waals surface area contributed by atoms with Crippen LogP contribution in [0.25, 0.3) is 0 Å². The summed E-state index contributed by atoms with van der Waals surface area (Å²) < 4.78 is 6.20. The monoisotopic (exact) mass is 305 g/mol. The Morgan fingerprint density at radius 1 is 1.38 bits per heavy atom. The van der Waals surface area contributed by atoms with Gasteiger partial charge < -0.3 is 10.1 Å². The van der Waals surface area contributed by atoms with Crippen LogP contribution in [-0.4, -0.2) is 25.8 Å². The molecule has 3 heteroatoms. The van der Waals surface area contributed by atoms with E-state index in [0.29, 0.717) is 12.0 Å². The zero-order chi connectivity index (χ0) is 14.4. The fourth-order valence-electron chi connectivity index (χ4n) is 4.21. The van der Waals surface area contributed by atoms with Gasteiger partial charge in [-0.2, -0.15) is 0 Å². The first-order chi connectivity index (χ1) is 10.2. The summed E-state index contributed by atoms with van der Waals surface area (Å²) in [4.78, 5) is 0. The molecular weight excluding hydrogens is 282 g/mol. The highest BCUT2D eigenvalue weighted by molar-refractivity contribution is 6.31. The van der Waals surface area contributed by atoms with E-state index in [1.807, 2.05) is 0 Å². The van der Waals surface area contributed by atoms with E-state index in [-0.39, 0.29) is 5.41 Å². The van der Waals surface area contributed by atoms with Gasteiger partial charge in [0.15, 0.2) is 0 Å². The van der Waals surface area contributed by atoms with Gasteiger partial charge in [-0.1, -0.05) is 23.7 Å². The van der Waals surface area contributed by atoms with Crippen LogP contribution >= 0.6 is 11.6 Å². The van der Waals surface area contributed by atoms with Crippen molar-refractivity contribution in [2.45, 2.75) is 44.1 Å². The zero-order valence-electron chi connectivity index (χ0n) is 12.7. The summed E-state index contributed by atoms with van der Waals surface area (Å²) in [5.74, 6) is 1.55. The van der Waals surface area contributed by atoms with Crippen LogP contribution in [0.1, 0.15) is 36.8 Å². The molecule has 3 aliphatic rings. The van der Waals surface area contributed by atoms with Crippen molar-refractivity contribution in [1.82, 2.24) is 5.32 Å². The molecule has 1 N–H and O–H groups in total. The summed E-state index contributed by atoms with van der Waals surface area (Å²) in [5.41, 5.74) is 2.82. The molecule has 1 aromatic rings. The van der Waals surface area contributed by atoms with E-state index in [4.69, 9.17) is 16.3 Å². The third-order valence-electron chi connectivity index (χ3n) is 5.76. The van der Waals surface area contributed by atoms with E-state index < -0.39 is 0 Å². The van der Waals surface area contributed by atoms with E-state index >= 15 is 0 Å². The normalized spacial score (nSPS) is 35.1. The van der Waals surface area contributed by atoms with Gasteiger partial charge in [-0.3, -0.25) is 0 Å². The molecule has 0 amide bonds. The molecule has 1 aliphatic heterocycles. The molecule has 3 atom stereocenters. The molecule has 1 saturated heterocycles. The van der Waals surface area contributed by atoms with Gasteiger partial charge >= 0.3 is 0 Å². The molecule has 3 fully saturated rings. The van der Waals surface area contributed by atoms with Crippen molar-refractivity contribution in [2.75, 3.05) is 19.7 Å². The standard InChI is InChI=1S/C18H24ClNO/c1-12-2-5-14(7-17(12)19)18-8-16(21-10-13-3-4-13)6-15(18)9-20-11-18/h2,5,7,13,15-16,20H,3-4,6,8-11H2,1H3/t15-,16?,18+/m1/s1. The number of ether oxygens (including phenoxy) is 1. The number of aryl methyl sites for hydroxylation is 1. The third kappa shape index (κ3) is 2.52. The van der Waals surface area contributed by atoms with E-state index in [0.717, 1.165) is 37.1 Å². The van der Waals surface area contributed by atoms with Gasteiger partial charge in [0.25, 0.3) is 0 Å². The smallest absolute Gasteiger partial charge is 0.0587 e. The number of halogens is 1. The second-order valence-electron chi connectivity index (χ2n) is 7.29. The van der Waals surface area contributed by atoms with E-state index in [1.165, 1.54) is 30.4 Å². The van der Waals surface area contributed by atoms with Crippen LogP contribution < -0.4 is 5.32 Å². The summed E-state index contributed by atoms with van der Waals surface area (Å²) in [7, 11) is 0. The maximum Gasteiger partial charge on any atom is 0.0587 e. The van der Waals surface area contributed by atoms with Crippen molar-refractivity contribution in [3.8, 4) is 0 Å². The zero-order valence-corrected chi connectivity index (χ0v) is 13.5. The highest BCUT2D eigenvalue weighted by atomic mass is 35.5. The Hall–Kier alpha value is -0.570. The predicted octanol–water partition coefficient (Wildman–Crippen LogP) is 3.69. The Kier molecular flexibility index (Phi) is 3.52. The lowest BCUT2D eigenvalue weighted by Crippen LogP contribution is -2.31. The second kappa shape index (κ2) is 5.26. The van der Waals surface area contributed by atoms with E-state index in [1.54, 1.807) is 0 Å². The minimum absolute atomic E-state index is 0.242. The molecular formula is C18H24ClNO. The van der Waals surface area contributed by atoms with E-state index in [2.05, 4.69) is 30.4 Å². The number of fused-ring (bicyclic) bond motifs is 1. The maximum atomic E-state index is 6.38. The Morgan fingerprint density at radius 2 is 2.24 bits per heavy atom. The van der Waals surface area contributed by atoms with Gasteiger partial charge in [0.2, 0.25) is 0 Å². The number of hydrogen-bond acceptors (Lipinski definition) is 2. The van der Waals surface area contributed by atoms with Crippen LogP contribution in [0.4, 0.5) is 0 Å². The quantitative estimate of drug-likeness (QED) is 0.916. The van der Waals surface area contributed by atoms with Crippen molar-refractivity contribution in [3.63, 3.8) is 0 Å². The molecule has 1 aromatic carbocycles. The molecule has 0 aromatic heterocycles. The molecule has 2 aliphatic carbocycles. The molecule has 2 nitrogen and oxygen atoms in total. The van der Waals surface area contributed by atoms with Gasteiger partial charge in [-0.15, -0.1) is 0 Å². The average Bonchev–Trinajstić information content (AvgIpc) is 3.10. The first-order valence-electron chi connectivity index (χ1n) is 8.26. The van der Waals surface area contributed by atoms with Crippen molar-refractivity contribution in [3.05, 3.63) is 34.3 Å². The topological polar surface area (TPSA) is 21.3 Å². The van der Waals surface area contributed by atoms with Gasteiger partial charge in [0, 0.05) is 23.6 Å². The number of benzene rings is 1. The summed E-state index contributed by atoms with van der Waals surface area (Å²) in [6.45, 7) is 5.25. The molecule has 1 unspecified atom stereocenters. The molecule has 114 valence electrons. The van der Waals surface area contributed by atoms with Crippen molar-refractivity contribution >= 4 is 11.6 Å². The fourth-order valence-corrected chi connectivity index (χ4v) is 4.39. The van der Waals surface area contributed by atoms with Crippen LogP contribution in [0, 0.1) is 18.8 Å². The fraction of sp³-hybridized carbons (Fsp3) is 0.667. The Morgan fingerprint density at radius 3 is 3.00 bits per heavy atom. The minimum atomic E-state index is 0.242. The van der Waals surface area contributed by atoms with Gasteiger partial charge in [0.05, 0.1) is 6.10 Å². The molecule has 0 radical (unpaired) electrons. The summed E-state index contributed by atoms with van der Waals surface area (Å²) in [6.07, 6.45) is 5.53. The first kappa shape index (κ1) is 14.0. The van der Waals surface area contributed by atoms with E-state index in [9.17, 15) is 0 Å². The summed E-state index contributed by atoms with van der Waals surface area (Å²) >= 11 is 6.38. The molecule has 1 heterocycles.